The fraction of sp³-hybridized carbons (Fsp3) is 0.292. The van der Waals surface area contributed by atoms with Gasteiger partial charge in [-0.05, 0) is 43.7 Å². The van der Waals surface area contributed by atoms with Gasteiger partial charge in [0.05, 0.1) is 23.4 Å². The Morgan fingerprint density at radius 3 is 2.69 bits per heavy atom. The summed E-state index contributed by atoms with van der Waals surface area (Å²) in [7, 11) is 0. The Morgan fingerprint density at radius 1 is 1.19 bits per heavy atom. The number of para-hydroxylation sites is 1. The van der Waals surface area contributed by atoms with Crippen molar-refractivity contribution in [2.45, 2.75) is 27.0 Å². The molecule has 1 fully saturated rings. The lowest BCUT2D eigenvalue weighted by Crippen LogP contribution is -2.47. The molecule has 8 nitrogen and oxygen atoms in total. The largest absolute Gasteiger partial charge is 0.488 e. The SMILES string of the molecule is Cc1noc(C)c1COc1ccccc1C(=O)NCc1ccc(N2CCNC(=O)C2)cc1. The van der Waals surface area contributed by atoms with Gasteiger partial charge in [-0.1, -0.05) is 29.4 Å². The molecule has 1 aromatic heterocycles. The standard InChI is InChI=1S/C24H26N4O4/c1-16-21(17(2)32-27-16)15-31-22-6-4-3-5-20(22)24(30)26-13-18-7-9-19(10-8-18)28-12-11-25-23(29)14-28/h3-10H,11-15H2,1-2H3,(H,25,29)(H,26,30). The molecule has 32 heavy (non-hydrogen) atoms. The number of aryl methyl sites for hydroxylation is 2. The molecule has 0 spiro atoms. The first-order valence-corrected chi connectivity index (χ1v) is 10.5. The second-order valence-electron chi connectivity index (χ2n) is 7.71. The number of hydrogen-bond donors (Lipinski definition) is 2. The summed E-state index contributed by atoms with van der Waals surface area (Å²) in [6.07, 6.45) is 0. The van der Waals surface area contributed by atoms with Crippen molar-refractivity contribution < 1.29 is 18.8 Å². The second kappa shape index (κ2) is 9.55. The summed E-state index contributed by atoms with van der Waals surface area (Å²) in [5.41, 5.74) is 4.09. The second-order valence-corrected chi connectivity index (χ2v) is 7.71. The van der Waals surface area contributed by atoms with E-state index in [2.05, 4.69) is 15.8 Å². The number of carbonyl (C=O) groups is 2. The molecule has 0 radical (unpaired) electrons. The summed E-state index contributed by atoms with van der Waals surface area (Å²) in [5, 5.41) is 9.70. The number of nitrogens with one attached hydrogen (secondary N) is 2. The van der Waals surface area contributed by atoms with Crippen molar-refractivity contribution in [2.75, 3.05) is 24.5 Å². The topological polar surface area (TPSA) is 96.7 Å². The van der Waals surface area contributed by atoms with E-state index in [1.165, 1.54) is 0 Å². The molecule has 0 aliphatic carbocycles. The first-order valence-electron chi connectivity index (χ1n) is 10.5. The van der Waals surface area contributed by atoms with Crippen molar-refractivity contribution in [1.29, 1.82) is 0 Å². The Hall–Kier alpha value is -3.81. The van der Waals surface area contributed by atoms with Gasteiger partial charge >= 0.3 is 0 Å². The van der Waals surface area contributed by atoms with Crippen LogP contribution in [0, 0.1) is 13.8 Å². The molecule has 0 atom stereocenters. The molecule has 2 heterocycles. The Balaban J connectivity index is 1.36. The number of hydrogen-bond acceptors (Lipinski definition) is 6. The molecule has 4 rings (SSSR count). The average molecular weight is 434 g/mol. The molecule has 0 unspecified atom stereocenters. The maximum atomic E-state index is 12.8. The van der Waals surface area contributed by atoms with E-state index in [4.69, 9.17) is 9.26 Å². The molecule has 0 bridgehead atoms. The van der Waals surface area contributed by atoms with Crippen LogP contribution in [-0.4, -0.2) is 36.6 Å². The highest BCUT2D eigenvalue weighted by Crippen LogP contribution is 2.22. The molecule has 166 valence electrons. The monoisotopic (exact) mass is 434 g/mol. The molecule has 1 saturated heterocycles. The van der Waals surface area contributed by atoms with Crippen LogP contribution in [0.1, 0.15) is 32.9 Å². The zero-order valence-corrected chi connectivity index (χ0v) is 18.2. The van der Waals surface area contributed by atoms with Crippen LogP contribution in [0.2, 0.25) is 0 Å². The van der Waals surface area contributed by atoms with Crippen molar-refractivity contribution in [3.63, 3.8) is 0 Å². The highest BCUT2D eigenvalue weighted by Gasteiger charge is 2.17. The van der Waals surface area contributed by atoms with Crippen LogP contribution in [0.3, 0.4) is 0 Å². The van der Waals surface area contributed by atoms with Gasteiger partial charge in [0.25, 0.3) is 5.91 Å². The van der Waals surface area contributed by atoms with Gasteiger partial charge in [0.15, 0.2) is 0 Å². The first kappa shape index (κ1) is 21.4. The Labute approximate surface area is 186 Å². The van der Waals surface area contributed by atoms with Gasteiger partial charge in [0.1, 0.15) is 18.1 Å². The fourth-order valence-electron chi connectivity index (χ4n) is 3.60. The van der Waals surface area contributed by atoms with Crippen molar-refractivity contribution >= 4 is 17.5 Å². The number of nitrogens with zero attached hydrogens (tertiary/aromatic N) is 2. The van der Waals surface area contributed by atoms with Crippen LogP contribution in [0.25, 0.3) is 0 Å². The van der Waals surface area contributed by atoms with Crippen LogP contribution >= 0.6 is 0 Å². The lowest BCUT2D eigenvalue weighted by molar-refractivity contribution is -0.120. The molecule has 8 heteroatoms. The van der Waals surface area contributed by atoms with Crippen molar-refractivity contribution in [3.05, 3.63) is 76.7 Å². The van der Waals surface area contributed by atoms with Gasteiger partial charge in [-0.3, -0.25) is 9.59 Å². The van der Waals surface area contributed by atoms with E-state index in [1.54, 1.807) is 18.2 Å². The summed E-state index contributed by atoms with van der Waals surface area (Å²) in [5.74, 6) is 1.03. The van der Waals surface area contributed by atoms with Crippen LogP contribution in [0.15, 0.2) is 53.1 Å². The maximum absolute atomic E-state index is 12.8. The molecule has 0 saturated carbocycles. The number of amides is 2. The fourth-order valence-corrected chi connectivity index (χ4v) is 3.60. The summed E-state index contributed by atoms with van der Waals surface area (Å²) in [6, 6.07) is 15.0. The Kier molecular flexibility index (Phi) is 6.39. The minimum atomic E-state index is -0.212. The number of aromatic nitrogens is 1. The molecular formula is C24H26N4O4. The predicted molar refractivity (Wildman–Crippen MR) is 120 cm³/mol. The highest BCUT2D eigenvalue weighted by atomic mass is 16.5. The van der Waals surface area contributed by atoms with Crippen LogP contribution in [0.5, 0.6) is 5.75 Å². The molecule has 1 aliphatic rings. The van der Waals surface area contributed by atoms with Crippen molar-refractivity contribution in [3.8, 4) is 5.75 Å². The number of benzene rings is 2. The maximum Gasteiger partial charge on any atom is 0.255 e. The minimum absolute atomic E-state index is 0.0304. The van der Waals surface area contributed by atoms with Gasteiger partial charge < -0.3 is 24.8 Å². The molecule has 2 aromatic carbocycles. The lowest BCUT2D eigenvalue weighted by Gasteiger charge is -2.28. The third-order valence-corrected chi connectivity index (χ3v) is 5.48. The minimum Gasteiger partial charge on any atom is -0.488 e. The van der Waals surface area contributed by atoms with E-state index in [-0.39, 0.29) is 18.4 Å². The van der Waals surface area contributed by atoms with Gasteiger partial charge in [-0.15, -0.1) is 0 Å². The zero-order valence-electron chi connectivity index (χ0n) is 18.2. The number of rotatable bonds is 7. The molecular weight excluding hydrogens is 408 g/mol. The molecule has 3 aromatic rings. The third kappa shape index (κ3) is 4.91. The third-order valence-electron chi connectivity index (χ3n) is 5.48. The number of piperazine rings is 1. The Morgan fingerprint density at radius 2 is 1.97 bits per heavy atom. The van der Waals surface area contributed by atoms with E-state index < -0.39 is 0 Å². The quantitative estimate of drug-likeness (QED) is 0.594. The van der Waals surface area contributed by atoms with E-state index in [0.29, 0.717) is 36.7 Å². The highest BCUT2D eigenvalue weighted by molar-refractivity contribution is 5.96. The smallest absolute Gasteiger partial charge is 0.255 e. The summed E-state index contributed by atoms with van der Waals surface area (Å²) in [6.45, 7) is 6.16. The van der Waals surface area contributed by atoms with E-state index >= 15 is 0 Å². The van der Waals surface area contributed by atoms with E-state index in [9.17, 15) is 9.59 Å². The molecule has 2 N–H and O–H groups in total. The molecule has 2 amide bonds. The van der Waals surface area contributed by atoms with Crippen LogP contribution in [0.4, 0.5) is 5.69 Å². The summed E-state index contributed by atoms with van der Waals surface area (Å²) < 4.78 is 11.1. The predicted octanol–water partition coefficient (Wildman–Crippen LogP) is 2.74. The molecule has 1 aliphatic heterocycles. The zero-order chi connectivity index (χ0) is 22.5. The van der Waals surface area contributed by atoms with Gasteiger partial charge in [-0.2, -0.15) is 0 Å². The normalized spacial score (nSPS) is 13.6. The summed E-state index contributed by atoms with van der Waals surface area (Å²) >= 11 is 0. The van der Waals surface area contributed by atoms with Crippen LogP contribution in [-0.2, 0) is 17.9 Å². The first-order chi connectivity index (χ1) is 15.5. The van der Waals surface area contributed by atoms with E-state index in [0.717, 1.165) is 29.1 Å². The van der Waals surface area contributed by atoms with E-state index in [1.807, 2.05) is 49.1 Å². The number of ether oxygens (including phenoxy) is 1. The van der Waals surface area contributed by atoms with Crippen molar-refractivity contribution in [1.82, 2.24) is 15.8 Å². The van der Waals surface area contributed by atoms with Gasteiger partial charge in [-0.25, -0.2) is 0 Å². The average Bonchev–Trinajstić information content (AvgIpc) is 3.13. The number of anilines is 1. The number of carbonyl (C=O) groups excluding carboxylic acids is 2. The van der Waals surface area contributed by atoms with Crippen molar-refractivity contribution in [2.24, 2.45) is 0 Å². The Bertz CT molecular complexity index is 1090. The van der Waals surface area contributed by atoms with Gasteiger partial charge in [0, 0.05) is 25.3 Å². The van der Waals surface area contributed by atoms with Gasteiger partial charge in [0.2, 0.25) is 5.91 Å². The van der Waals surface area contributed by atoms with Crippen LogP contribution < -0.4 is 20.3 Å². The lowest BCUT2D eigenvalue weighted by atomic mass is 10.1. The summed E-state index contributed by atoms with van der Waals surface area (Å²) in [4.78, 5) is 26.4.